The number of hydrogen-bond acceptors (Lipinski definition) is 2. The maximum atomic E-state index is 13.5. The number of ether oxygens (including phenoxy) is 1. The maximum absolute atomic E-state index is 13.5. The molecule has 0 heterocycles. The van der Waals surface area contributed by atoms with Gasteiger partial charge < -0.3 is 10.5 Å². The van der Waals surface area contributed by atoms with E-state index in [0.29, 0.717) is 19.4 Å². The van der Waals surface area contributed by atoms with Crippen LogP contribution in [-0.2, 0) is 17.6 Å². The van der Waals surface area contributed by atoms with Crippen LogP contribution in [0.2, 0.25) is 0 Å². The van der Waals surface area contributed by atoms with Crippen molar-refractivity contribution in [3.63, 3.8) is 0 Å². The van der Waals surface area contributed by atoms with Crippen LogP contribution < -0.4 is 5.73 Å². The summed E-state index contributed by atoms with van der Waals surface area (Å²) in [6.45, 7) is 0.486. The van der Waals surface area contributed by atoms with E-state index < -0.39 is 0 Å². The van der Waals surface area contributed by atoms with Crippen LogP contribution in [0.25, 0.3) is 0 Å². The third-order valence-corrected chi connectivity index (χ3v) is 3.36. The molecule has 1 atom stereocenters. The molecule has 15 heavy (non-hydrogen) atoms. The van der Waals surface area contributed by atoms with Crippen molar-refractivity contribution in [1.82, 2.24) is 0 Å². The van der Waals surface area contributed by atoms with Gasteiger partial charge >= 0.3 is 0 Å². The Morgan fingerprint density at radius 3 is 3.00 bits per heavy atom. The molecule has 0 aliphatic heterocycles. The molecule has 0 aromatic heterocycles. The zero-order chi connectivity index (χ0) is 10.9. The molecule has 0 bridgehead atoms. The molecule has 3 heteroatoms. The second-order valence-electron chi connectivity index (χ2n) is 4.15. The summed E-state index contributed by atoms with van der Waals surface area (Å²) in [6, 6.07) is 5.22. The molecule has 2 rings (SSSR count). The fourth-order valence-corrected chi connectivity index (χ4v) is 2.27. The third kappa shape index (κ3) is 1.77. The van der Waals surface area contributed by atoms with E-state index in [2.05, 4.69) is 0 Å². The van der Waals surface area contributed by atoms with E-state index in [1.807, 2.05) is 6.07 Å². The Kier molecular flexibility index (Phi) is 2.76. The topological polar surface area (TPSA) is 35.2 Å². The minimum absolute atomic E-state index is 0.103. The average Bonchev–Trinajstić information content (AvgIpc) is 2.29. The summed E-state index contributed by atoms with van der Waals surface area (Å²) in [5, 5.41) is 0. The Hall–Kier alpha value is -0.930. The monoisotopic (exact) mass is 209 g/mol. The van der Waals surface area contributed by atoms with Crippen molar-refractivity contribution in [3.05, 3.63) is 35.1 Å². The number of hydrogen-bond donors (Lipinski definition) is 1. The minimum Gasteiger partial charge on any atom is -0.377 e. The van der Waals surface area contributed by atoms with Crippen molar-refractivity contribution in [2.75, 3.05) is 13.7 Å². The number of rotatable bonds is 2. The number of fused-ring (bicyclic) bond motifs is 1. The summed E-state index contributed by atoms with van der Waals surface area (Å²) in [5.41, 5.74) is 7.30. The maximum Gasteiger partial charge on any atom is 0.126 e. The number of nitrogens with two attached hydrogens (primary N) is 1. The van der Waals surface area contributed by atoms with Gasteiger partial charge in [-0.05, 0) is 30.0 Å². The highest BCUT2D eigenvalue weighted by atomic mass is 19.1. The van der Waals surface area contributed by atoms with Gasteiger partial charge in [-0.1, -0.05) is 12.1 Å². The lowest BCUT2D eigenvalue weighted by Crippen LogP contribution is -2.45. The smallest absolute Gasteiger partial charge is 0.126 e. The summed E-state index contributed by atoms with van der Waals surface area (Å²) in [5.74, 6) is -0.103. The summed E-state index contributed by atoms with van der Waals surface area (Å²) >= 11 is 0. The molecular weight excluding hydrogens is 193 g/mol. The molecule has 0 amide bonds. The molecule has 1 aromatic carbocycles. The van der Waals surface area contributed by atoms with Crippen LogP contribution in [0, 0.1) is 5.82 Å². The molecule has 2 nitrogen and oxygen atoms in total. The van der Waals surface area contributed by atoms with Crippen molar-refractivity contribution in [2.45, 2.75) is 24.9 Å². The van der Waals surface area contributed by atoms with E-state index in [1.165, 1.54) is 6.07 Å². The van der Waals surface area contributed by atoms with Crippen LogP contribution >= 0.6 is 0 Å². The van der Waals surface area contributed by atoms with Crippen molar-refractivity contribution in [1.29, 1.82) is 0 Å². The van der Waals surface area contributed by atoms with E-state index in [1.54, 1.807) is 13.2 Å². The largest absolute Gasteiger partial charge is 0.377 e. The van der Waals surface area contributed by atoms with Gasteiger partial charge in [-0.25, -0.2) is 4.39 Å². The molecule has 82 valence electrons. The molecule has 0 radical (unpaired) electrons. The Morgan fingerprint density at radius 1 is 1.53 bits per heavy atom. The molecule has 2 N–H and O–H groups in total. The van der Waals surface area contributed by atoms with Gasteiger partial charge in [0.05, 0.1) is 5.60 Å². The molecule has 1 unspecified atom stereocenters. The van der Waals surface area contributed by atoms with Crippen LogP contribution in [0.5, 0.6) is 0 Å². The lowest BCUT2D eigenvalue weighted by molar-refractivity contribution is -0.0138. The van der Waals surface area contributed by atoms with Crippen LogP contribution in [0.3, 0.4) is 0 Å². The lowest BCUT2D eigenvalue weighted by atomic mass is 9.80. The van der Waals surface area contributed by atoms with E-state index in [-0.39, 0.29) is 11.4 Å². The van der Waals surface area contributed by atoms with E-state index in [4.69, 9.17) is 10.5 Å². The highest BCUT2D eigenvalue weighted by Crippen LogP contribution is 2.31. The third-order valence-electron chi connectivity index (χ3n) is 3.36. The number of benzene rings is 1. The molecule has 0 saturated heterocycles. The van der Waals surface area contributed by atoms with E-state index in [9.17, 15) is 4.39 Å². The first-order valence-electron chi connectivity index (χ1n) is 5.22. The van der Waals surface area contributed by atoms with Crippen molar-refractivity contribution >= 4 is 0 Å². The Morgan fingerprint density at radius 2 is 2.33 bits per heavy atom. The first-order valence-corrected chi connectivity index (χ1v) is 5.22. The van der Waals surface area contributed by atoms with Crippen LogP contribution in [0.15, 0.2) is 18.2 Å². The first kappa shape index (κ1) is 10.6. The fraction of sp³-hybridized carbons (Fsp3) is 0.500. The lowest BCUT2D eigenvalue weighted by Gasteiger charge is -2.36. The Labute approximate surface area is 89.2 Å². The van der Waals surface area contributed by atoms with Gasteiger partial charge in [-0.3, -0.25) is 0 Å². The average molecular weight is 209 g/mol. The van der Waals surface area contributed by atoms with Crippen LogP contribution in [0.1, 0.15) is 17.5 Å². The fourth-order valence-electron chi connectivity index (χ4n) is 2.27. The zero-order valence-electron chi connectivity index (χ0n) is 8.92. The van der Waals surface area contributed by atoms with Gasteiger partial charge in [0.1, 0.15) is 5.82 Å². The highest BCUT2D eigenvalue weighted by Gasteiger charge is 2.33. The number of methoxy groups -OCH3 is 1. The SMILES string of the molecule is COC1(CN)CCc2c(F)cccc2C1. The molecule has 0 saturated carbocycles. The van der Waals surface area contributed by atoms with Gasteiger partial charge in [0.2, 0.25) is 0 Å². The van der Waals surface area contributed by atoms with Gasteiger partial charge in [-0.2, -0.15) is 0 Å². The standard InChI is InChI=1S/C12H16FNO/c1-15-12(8-14)6-5-10-9(7-12)3-2-4-11(10)13/h2-4H,5-8,14H2,1H3. The molecule has 1 aliphatic carbocycles. The second-order valence-corrected chi connectivity index (χ2v) is 4.15. The normalized spacial score (nSPS) is 25.0. The van der Waals surface area contributed by atoms with Crippen molar-refractivity contribution in [2.24, 2.45) is 5.73 Å². The van der Waals surface area contributed by atoms with Crippen LogP contribution in [0.4, 0.5) is 4.39 Å². The van der Waals surface area contributed by atoms with Gasteiger partial charge in [0, 0.05) is 20.1 Å². The summed E-state index contributed by atoms with van der Waals surface area (Å²) < 4.78 is 18.9. The quantitative estimate of drug-likeness (QED) is 0.804. The van der Waals surface area contributed by atoms with Crippen molar-refractivity contribution in [3.8, 4) is 0 Å². The van der Waals surface area contributed by atoms with E-state index >= 15 is 0 Å². The first-order chi connectivity index (χ1) is 7.21. The summed E-state index contributed by atoms with van der Waals surface area (Å²) in [4.78, 5) is 0. The molecule has 0 fully saturated rings. The number of halogens is 1. The highest BCUT2D eigenvalue weighted by molar-refractivity contribution is 5.33. The van der Waals surface area contributed by atoms with Gasteiger partial charge in [0.15, 0.2) is 0 Å². The predicted octanol–water partition coefficient (Wildman–Crippen LogP) is 1.66. The van der Waals surface area contributed by atoms with E-state index in [0.717, 1.165) is 17.5 Å². The molecule has 1 aromatic rings. The second kappa shape index (κ2) is 3.91. The van der Waals surface area contributed by atoms with Crippen LogP contribution in [-0.4, -0.2) is 19.3 Å². The zero-order valence-corrected chi connectivity index (χ0v) is 8.92. The predicted molar refractivity (Wildman–Crippen MR) is 57.2 cm³/mol. The summed E-state index contributed by atoms with van der Waals surface area (Å²) in [7, 11) is 1.68. The van der Waals surface area contributed by atoms with Gasteiger partial charge in [-0.15, -0.1) is 0 Å². The molecular formula is C12H16FNO. The van der Waals surface area contributed by atoms with Crippen molar-refractivity contribution < 1.29 is 9.13 Å². The Bertz CT molecular complexity index is 361. The molecule has 0 spiro atoms. The van der Waals surface area contributed by atoms with Gasteiger partial charge in [0.25, 0.3) is 0 Å². The minimum atomic E-state index is -0.291. The Balaban J connectivity index is 2.34. The molecule has 1 aliphatic rings. The summed E-state index contributed by atoms with van der Waals surface area (Å²) in [6.07, 6.45) is 2.23.